The first-order valence-corrected chi connectivity index (χ1v) is 8.96. The number of anilines is 1. The minimum atomic E-state index is -0.209. The Morgan fingerprint density at radius 1 is 1.24 bits per heavy atom. The van der Waals surface area contributed by atoms with Gasteiger partial charge in [-0.3, -0.25) is 14.6 Å². The molecule has 25 heavy (non-hydrogen) atoms. The van der Waals surface area contributed by atoms with Crippen LogP contribution in [0, 0.1) is 5.92 Å². The van der Waals surface area contributed by atoms with Gasteiger partial charge in [0.05, 0.1) is 18.2 Å². The zero-order valence-electron chi connectivity index (χ0n) is 14.9. The molecule has 1 aromatic rings. The van der Waals surface area contributed by atoms with E-state index in [0.717, 1.165) is 37.2 Å². The summed E-state index contributed by atoms with van der Waals surface area (Å²) in [7, 11) is 0. The van der Waals surface area contributed by atoms with Crippen molar-refractivity contribution in [2.75, 3.05) is 31.3 Å². The lowest BCUT2D eigenvalue weighted by atomic mass is 9.97. The van der Waals surface area contributed by atoms with Crippen LogP contribution in [0.3, 0.4) is 0 Å². The van der Waals surface area contributed by atoms with Gasteiger partial charge in [0.1, 0.15) is 0 Å². The Morgan fingerprint density at radius 2 is 2.00 bits per heavy atom. The molecule has 1 amide bonds. The molecule has 1 atom stereocenters. The van der Waals surface area contributed by atoms with Gasteiger partial charge in [-0.1, -0.05) is 0 Å². The Labute approximate surface area is 148 Å². The van der Waals surface area contributed by atoms with Gasteiger partial charge in [-0.05, 0) is 51.0 Å². The van der Waals surface area contributed by atoms with Crippen LogP contribution in [0.1, 0.15) is 43.5 Å². The highest BCUT2D eigenvalue weighted by atomic mass is 16.5. The number of carbonyl (C=O) groups excluding carboxylic acids is 2. The third kappa shape index (κ3) is 4.00. The van der Waals surface area contributed by atoms with E-state index >= 15 is 0 Å². The second kappa shape index (κ2) is 7.68. The summed E-state index contributed by atoms with van der Waals surface area (Å²) in [6, 6.07) is 7.55. The molecule has 0 bridgehead atoms. The molecule has 1 saturated heterocycles. The molecule has 6 heteroatoms. The topological polar surface area (TPSA) is 62.2 Å². The highest BCUT2D eigenvalue weighted by Gasteiger charge is 2.29. The fourth-order valence-corrected chi connectivity index (χ4v) is 3.33. The monoisotopic (exact) mass is 343 g/mol. The highest BCUT2D eigenvalue weighted by molar-refractivity contribution is 5.95. The van der Waals surface area contributed by atoms with Crippen molar-refractivity contribution < 1.29 is 14.3 Å². The molecule has 6 nitrogen and oxygen atoms in total. The quantitative estimate of drug-likeness (QED) is 0.789. The van der Waals surface area contributed by atoms with E-state index in [9.17, 15) is 9.59 Å². The first kappa shape index (κ1) is 17.5. The Kier molecular flexibility index (Phi) is 5.36. The van der Waals surface area contributed by atoms with Gasteiger partial charge >= 0.3 is 5.97 Å². The Balaban J connectivity index is 1.65. The first-order chi connectivity index (χ1) is 12.1. The lowest BCUT2D eigenvalue weighted by Gasteiger charge is -2.31. The molecule has 134 valence electrons. The van der Waals surface area contributed by atoms with Crippen LogP contribution in [0.4, 0.5) is 5.69 Å². The minimum Gasteiger partial charge on any atom is -0.466 e. The largest absolute Gasteiger partial charge is 0.466 e. The van der Waals surface area contributed by atoms with E-state index in [1.807, 2.05) is 36.2 Å². The number of carbonyl (C=O) groups is 2. The van der Waals surface area contributed by atoms with Crippen LogP contribution in [0.15, 0.2) is 29.4 Å². The van der Waals surface area contributed by atoms with Crippen molar-refractivity contribution in [3.05, 3.63) is 29.8 Å². The fraction of sp³-hybridized carbons (Fsp3) is 0.526. The maximum Gasteiger partial charge on any atom is 0.310 e. The van der Waals surface area contributed by atoms with Crippen molar-refractivity contribution in [3.63, 3.8) is 0 Å². The number of amides is 1. The van der Waals surface area contributed by atoms with Crippen LogP contribution < -0.4 is 5.01 Å². The molecule has 3 rings (SSSR count). The molecule has 1 aromatic carbocycles. The molecule has 2 aliphatic rings. The van der Waals surface area contributed by atoms with Crippen LogP contribution >= 0.6 is 0 Å². The Hall–Kier alpha value is -2.37. The number of esters is 1. The predicted octanol–water partition coefficient (Wildman–Crippen LogP) is 2.69. The molecule has 0 aliphatic carbocycles. The van der Waals surface area contributed by atoms with Crippen molar-refractivity contribution in [3.8, 4) is 0 Å². The average Bonchev–Trinajstić information content (AvgIpc) is 3.08. The number of hydrogen-bond acceptors (Lipinski definition) is 5. The molecule has 0 saturated carbocycles. The fourth-order valence-electron chi connectivity index (χ4n) is 3.33. The standard InChI is InChI=1S/C19H25N3O3/c1-3-25-19(24)16-5-4-11-21(13-16)18(23)15-6-8-17(9-7-15)22-12-10-14(2)20-22/h6-9,16H,3-5,10-13H2,1-2H3/t16-/m0/s1. The molecular weight excluding hydrogens is 318 g/mol. The Morgan fingerprint density at radius 3 is 2.64 bits per heavy atom. The van der Waals surface area contributed by atoms with Crippen LogP contribution in [0.2, 0.25) is 0 Å². The molecule has 2 aliphatic heterocycles. The number of benzene rings is 1. The normalized spacial score (nSPS) is 20.4. The van der Waals surface area contributed by atoms with Gasteiger partial charge in [-0.2, -0.15) is 5.10 Å². The summed E-state index contributed by atoms with van der Waals surface area (Å²) in [5, 5.41) is 6.43. The number of hydrogen-bond donors (Lipinski definition) is 0. The van der Waals surface area contributed by atoms with Crippen molar-refractivity contribution in [1.29, 1.82) is 0 Å². The summed E-state index contributed by atoms with van der Waals surface area (Å²) in [6.07, 6.45) is 2.59. The molecule has 2 heterocycles. The maximum absolute atomic E-state index is 12.7. The molecule has 0 spiro atoms. The summed E-state index contributed by atoms with van der Waals surface area (Å²) in [6.45, 7) is 6.21. The van der Waals surface area contributed by atoms with Gasteiger partial charge in [0.15, 0.2) is 0 Å². The lowest BCUT2D eigenvalue weighted by molar-refractivity contribution is -0.149. The third-order valence-electron chi connectivity index (χ3n) is 4.72. The van der Waals surface area contributed by atoms with E-state index in [1.165, 1.54) is 0 Å². The molecule has 0 aromatic heterocycles. The van der Waals surface area contributed by atoms with E-state index in [-0.39, 0.29) is 17.8 Å². The lowest BCUT2D eigenvalue weighted by Crippen LogP contribution is -2.42. The summed E-state index contributed by atoms with van der Waals surface area (Å²) in [5.74, 6) is -0.432. The third-order valence-corrected chi connectivity index (χ3v) is 4.72. The first-order valence-electron chi connectivity index (χ1n) is 8.96. The second-order valence-electron chi connectivity index (χ2n) is 6.60. The summed E-state index contributed by atoms with van der Waals surface area (Å²) in [4.78, 5) is 26.4. The second-order valence-corrected chi connectivity index (χ2v) is 6.60. The Bertz CT molecular complexity index is 669. The van der Waals surface area contributed by atoms with Crippen LogP contribution in [-0.2, 0) is 9.53 Å². The molecule has 0 unspecified atom stereocenters. The van der Waals surface area contributed by atoms with Gasteiger partial charge < -0.3 is 9.64 Å². The van der Waals surface area contributed by atoms with E-state index in [2.05, 4.69) is 5.10 Å². The zero-order valence-corrected chi connectivity index (χ0v) is 14.9. The minimum absolute atomic E-state index is 0.0262. The van der Waals surface area contributed by atoms with Crippen LogP contribution in [0.25, 0.3) is 0 Å². The van der Waals surface area contributed by atoms with Gasteiger partial charge in [0.2, 0.25) is 0 Å². The highest BCUT2D eigenvalue weighted by Crippen LogP contribution is 2.23. The SMILES string of the molecule is CCOC(=O)[C@H]1CCCN(C(=O)c2ccc(N3CCC(C)=N3)cc2)C1. The number of piperidine rings is 1. The van der Waals surface area contributed by atoms with E-state index in [0.29, 0.717) is 25.3 Å². The van der Waals surface area contributed by atoms with Gasteiger partial charge in [0.25, 0.3) is 5.91 Å². The smallest absolute Gasteiger partial charge is 0.310 e. The summed E-state index contributed by atoms with van der Waals surface area (Å²) >= 11 is 0. The van der Waals surface area contributed by atoms with Gasteiger partial charge in [-0.25, -0.2) is 0 Å². The van der Waals surface area contributed by atoms with Gasteiger partial charge in [0, 0.05) is 37.3 Å². The number of hydrazone groups is 1. The van der Waals surface area contributed by atoms with Crippen molar-refractivity contribution in [2.24, 2.45) is 11.0 Å². The van der Waals surface area contributed by atoms with Crippen molar-refractivity contribution in [2.45, 2.75) is 33.1 Å². The number of likely N-dealkylation sites (tertiary alicyclic amines) is 1. The zero-order chi connectivity index (χ0) is 17.8. The average molecular weight is 343 g/mol. The number of nitrogens with zero attached hydrogens (tertiary/aromatic N) is 3. The molecule has 1 fully saturated rings. The number of rotatable bonds is 4. The maximum atomic E-state index is 12.7. The summed E-state index contributed by atoms with van der Waals surface area (Å²) in [5.41, 5.74) is 2.77. The summed E-state index contributed by atoms with van der Waals surface area (Å²) < 4.78 is 5.10. The predicted molar refractivity (Wildman–Crippen MR) is 96.8 cm³/mol. The van der Waals surface area contributed by atoms with Gasteiger partial charge in [-0.15, -0.1) is 0 Å². The van der Waals surface area contributed by atoms with E-state index in [4.69, 9.17) is 4.74 Å². The van der Waals surface area contributed by atoms with Crippen molar-refractivity contribution in [1.82, 2.24) is 4.90 Å². The molecular formula is C19H25N3O3. The molecule has 0 N–H and O–H groups in total. The van der Waals surface area contributed by atoms with Crippen LogP contribution in [-0.4, -0.2) is 48.7 Å². The van der Waals surface area contributed by atoms with E-state index in [1.54, 1.807) is 11.8 Å². The van der Waals surface area contributed by atoms with Crippen LogP contribution in [0.5, 0.6) is 0 Å². The van der Waals surface area contributed by atoms with E-state index < -0.39 is 0 Å². The van der Waals surface area contributed by atoms with Crippen molar-refractivity contribution >= 4 is 23.3 Å². The molecule has 0 radical (unpaired) electrons. The number of ether oxygens (including phenoxy) is 1.